The first-order valence-corrected chi connectivity index (χ1v) is 9.01. The van der Waals surface area contributed by atoms with E-state index in [1.54, 1.807) is 0 Å². The number of nitrogens with zero attached hydrogens (tertiary/aromatic N) is 1. The van der Waals surface area contributed by atoms with E-state index in [9.17, 15) is 0 Å². The Morgan fingerprint density at radius 3 is 2.05 bits per heavy atom. The zero-order chi connectivity index (χ0) is 15.2. The lowest BCUT2D eigenvalue weighted by atomic mass is 10.1. The molecule has 0 N–H and O–H groups in total. The van der Waals surface area contributed by atoms with E-state index in [1.807, 2.05) is 23.9 Å². The van der Waals surface area contributed by atoms with Crippen LogP contribution >= 0.6 is 0 Å². The van der Waals surface area contributed by atoms with E-state index in [0.717, 1.165) is 13.0 Å². The summed E-state index contributed by atoms with van der Waals surface area (Å²) in [5.41, 5.74) is 1.29. The maximum Gasteiger partial charge on any atom is 0.234 e. The standard InChI is InChI=1S/C19H34NO/c1-3-5-6-7-8-9-10-11-12-13-16-19-17-14-15-18-20(19)21-4-2/h14-15,17-18H,3-13,16H2,1-2H3/q+1. The van der Waals surface area contributed by atoms with Crippen LogP contribution < -0.4 is 9.57 Å². The number of unbranched alkanes of at least 4 members (excludes halogenated alkanes) is 9. The molecule has 0 aromatic carbocycles. The van der Waals surface area contributed by atoms with E-state index in [4.69, 9.17) is 4.84 Å². The molecule has 0 aliphatic heterocycles. The van der Waals surface area contributed by atoms with Gasteiger partial charge >= 0.3 is 0 Å². The summed E-state index contributed by atoms with van der Waals surface area (Å²) in [7, 11) is 0. The van der Waals surface area contributed by atoms with Crippen molar-refractivity contribution in [3.63, 3.8) is 0 Å². The maximum absolute atomic E-state index is 5.60. The van der Waals surface area contributed by atoms with Gasteiger partial charge in [0.25, 0.3) is 0 Å². The molecule has 0 unspecified atom stereocenters. The van der Waals surface area contributed by atoms with Gasteiger partial charge in [-0.3, -0.25) is 4.84 Å². The lowest BCUT2D eigenvalue weighted by Crippen LogP contribution is -2.45. The Hall–Kier alpha value is -1.05. The van der Waals surface area contributed by atoms with E-state index in [2.05, 4.69) is 19.1 Å². The molecule has 1 aromatic heterocycles. The molecule has 2 heteroatoms. The van der Waals surface area contributed by atoms with Gasteiger partial charge in [0.15, 0.2) is 6.61 Å². The second-order valence-electron chi connectivity index (χ2n) is 5.87. The normalized spacial score (nSPS) is 10.8. The summed E-state index contributed by atoms with van der Waals surface area (Å²) in [5, 5.41) is 0. The van der Waals surface area contributed by atoms with E-state index in [1.165, 1.54) is 69.9 Å². The number of aromatic nitrogens is 1. The van der Waals surface area contributed by atoms with Crippen LogP contribution in [-0.4, -0.2) is 6.61 Å². The highest BCUT2D eigenvalue weighted by molar-refractivity contribution is 4.96. The predicted octanol–water partition coefficient (Wildman–Crippen LogP) is 4.89. The average molecular weight is 292 g/mol. The van der Waals surface area contributed by atoms with Crippen LogP contribution in [-0.2, 0) is 6.42 Å². The summed E-state index contributed by atoms with van der Waals surface area (Å²) in [5.74, 6) is 0. The number of rotatable bonds is 13. The van der Waals surface area contributed by atoms with Gasteiger partial charge in [-0.2, -0.15) is 0 Å². The van der Waals surface area contributed by atoms with Crippen molar-refractivity contribution in [2.24, 2.45) is 0 Å². The maximum atomic E-state index is 5.60. The summed E-state index contributed by atoms with van der Waals surface area (Å²) in [6.07, 6.45) is 17.0. The van der Waals surface area contributed by atoms with E-state index < -0.39 is 0 Å². The molecule has 21 heavy (non-hydrogen) atoms. The number of hydrogen-bond donors (Lipinski definition) is 0. The molecule has 0 amide bonds. The minimum atomic E-state index is 0.722. The van der Waals surface area contributed by atoms with Gasteiger partial charge < -0.3 is 0 Å². The van der Waals surface area contributed by atoms with Crippen LogP contribution in [0, 0.1) is 0 Å². The molecule has 0 aliphatic rings. The molecule has 0 radical (unpaired) electrons. The summed E-state index contributed by atoms with van der Waals surface area (Å²) in [6.45, 7) is 5.03. The number of pyridine rings is 1. The summed E-state index contributed by atoms with van der Waals surface area (Å²) < 4.78 is 1.92. The van der Waals surface area contributed by atoms with Gasteiger partial charge in [0, 0.05) is 23.3 Å². The minimum absolute atomic E-state index is 0.722. The highest BCUT2D eigenvalue weighted by atomic mass is 16.7. The predicted molar refractivity (Wildman–Crippen MR) is 89.3 cm³/mol. The van der Waals surface area contributed by atoms with Crippen molar-refractivity contribution in [2.75, 3.05) is 6.61 Å². The van der Waals surface area contributed by atoms with Gasteiger partial charge in [-0.25, -0.2) is 0 Å². The quantitative estimate of drug-likeness (QED) is 0.373. The van der Waals surface area contributed by atoms with Crippen molar-refractivity contribution in [1.82, 2.24) is 0 Å². The average Bonchev–Trinajstić information content (AvgIpc) is 2.51. The topological polar surface area (TPSA) is 13.1 Å². The second-order valence-corrected chi connectivity index (χ2v) is 5.87. The Balaban J connectivity index is 2.01. The van der Waals surface area contributed by atoms with Gasteiger partial charge in [-0.15, -0.1) is 0 Å². The molecule has 0 bridgehead atoms. The second kappa shape index (κ2) is 12.7. The SMILES string of the molecule is CCCCCCCCCCCCc1cccc[n+]1OCC. The molecule has 0 saturated carbocycles. The first-order chi connectivity index (χ1) is 10.4. The van der Waals surface area contributed by atoms with Crippen molar-refractivity contribution in [3.8, 4) is 0 Å². The Labute approximate surface area is 131 Å². The Kier molecular flexibility index (Phi) is 10.9. The van der Waals surface area contributed by atoms with Crippen LogP contribution in [0.5, 0.6) is 0 Å². The highest BCUT2D eigenvalue weighted by Gasteiger charge is 2.09. The molecule has 0 fully saturated rings. The Bertz CT molecular complexity index is 351. The van der Waals surface area contributed by atoms with Gasteiger partial charge in [0.1, 0.15) is 0 Å². The molecule has 1 rings (SSSR count). The zero-order valence-electron chi connectivity index (χ0n) is 14.2. The third-order valence-electron chi connectivity index (χ3n) is 3.96. The van der Waals surface area contributed by atoms with Gasteiger partial charge in [0.2, 0.25) is 11.9 Å². The monoisotopic (exact) mass is 292 g/mol. The lowest BCUT2D eigenvalue weighted by Gasteiger charge is -2.03. The minimum Gasteiger partial charge on any atom is -0.271 e. The van der Waals surface area contributed by atoms with Crippen molar-refractivity contribution < 1.29 is 9.57 Å². The van der Waals surface area contributed by atoms with Crippen molar-refractivity contribution in [3.05, 3.63) is 30.1 Å². The molecule has 1 heterocycles. The third-order valence-corrected chi connectivity index (χ3v) is 3.96. The van der Waals surface area contributed by atoms with Crippen LogP contribution in [0.3, 0.4) is 0 Å². The van der Waals surface area contributed by atoms with Crippen LogP contribution in [0.25, 0.3) is 0 Å². The first kappa shape index (κ1) is 18.0. The fourth-order valence-corrected chi connectivity index (χ4v) is 2.72. The van der Waals surface area contributed by atoms with Crippen molar-refractivity contribution in [1.29, 1.82) is 0 Å². The molecule has 0 aliphatic carbocycles. The summed E-state index contributed by atoms with van der Waals surface area (Å²) in [6, 6.07) is 6.29. The van der Waals surface area contributed by atoms with Crippen molar-refractivity contribution in [2.45, 2.75) is 84.5 Å². The van der Waals surface area contributed by atoms with Crippen LogP contribution in [0.2, 0.25) is 0 Å². The smallest absolute Gasteiger partial charge is 0.234 e. The van der Waals surface area contributed by atoms with E-state index in [0.29, 0.717) is 0 Å². The molecule has 2 nitrogen and oxygen atoms in total. The lowest BCUT2D eigenvalue weighted by molar-refractivity contribution is -0.895. The third kappa shape index (κ3) is 8.75. The summed E-state index contributed by atoms with van der Waals surface area (Å²) in [4.78, 5) is 5.60. The Morgan fingerprint density at radius 2 is 1.43 bits per heavy atom. The molecule has 0 spiro atoms. The molecule has 0 atom stereocenters. The van der Waals surface area contributed by atoms with Gasteiger partial charge in [-0.1, -0.05) is 64.7 Å². The molecule has 120 valence electrons. The van der Waals surface area contributed by atoms with Crippen LogP contribution in [0.15, 0.2) is 24.4 Å². The zero-order valence-corrected chi connectivity index (χ0v) is 14.2. The molecule has 1 aromatic rings. The van der Waals surface area contributed by atoms with Gasteiger partial charge in [0.05, 0.1) is 0 Å². The molecular formula is C19H34NO+. The van der Waals surface area contributed by atoms with Crippen molar-refractivity contribution >= 4 is 0 Å². The number of aryl methyl sites for hydroxylation is 1. The fraction of sp³-hybridized carbons (Fsp3) is 0.737. The van der Waals surface area contributed by atoms with Gasteiger partial charge in [-0.05, 0) is 19.4 Å². The fourth-order valence-electron chi connectivity index (χ4n) is 2.72. The van der Waals surface area contributed by atoms with E-state index >= 15 is 0 Å². The molecular weight excluding hydrogens is 258 g/mol. The summed E-state index contributed by atoms with van der Waals surface area (Å²) >= 11 is 0. The largest absolute Gasteiger partial charge is 0.271 e. The first-order valence-electron chi connectivity index (χ1n) is 9.01. The van der Waals surface area contributed by atoms with Crippen LogP contribution in [0.4, 0.5) is 0 Å². The number of hydrogen-bond acceptors (Lipinski definition) is 1. The Morgan fingerprint density at radius 1 is 0.810 bits per heavy atom. The van der Waals surface area contributed by atoms with E-state index in [-0.39, 0.29) is 0 Å². The highest BCUT2D eigenvalue weighted by Crippen LogP contribution is 2.11. The molecule has 0 saturated heterocycles. The van der Waals surface area contributed by atoms with Crippen LogP contribution in [0.1, 0.15) is 83.7 Å².